The molecule has 106 valence electrons. The van der Waals surface area contributed by atoms with E-state index in [-0.39, 0.29) is 0 Å². The van der Waals surface area contributed by atoms with E-state index in [2.05, 4.69) is 26.7 Å². The van der Waals surface area contributed by atoms with Crippen molar-refractivity contribution in [1.29, 1.82) is 0 Å². The molecule has 0 amide bonds. The maximum atomic E-state index is 6.02. The van der Waals surface area contributed by atoms with Gasteiger partial charge >= 0.3 is 0 Å². The summed E-state index contributed by atoms with van der Waals surface area (Å²) in [5, 5.41) is 0.723. The van der Waals surface area contributed by atoms with Gasteiger partial charge in [0.1, 0.15) is 0 Å². The molecule has 4 rings (SSSR count). The Morgan fingerprint density at radius 2 is 1.73 bits per heavy atom. The Bertz CT molecular complexity index is 928. The predicted molar refractivity (Wildman–Crippen MR) is 89.3 cm³/mol. The first-order chi connectivity index (χ1) is 10.8. The fourth-order valence-electron chi connectivity index (χ4n) is 2.63. The van der Waals surface area contributed by atoms with Gasteiger partial charge in [-0.3, -0.25) is 9.97 Å². The quantitative estimate of drug-likeness (QED) is 0.535. The zero-order chi connectivity index (χ0) is 14.9. The van der Waals surface area contributed by atoms with E-state index >= 15 is 0 Å². The highest BCUT2D eigenvalue weighted by atomic mass is 35.5. The molecule has 0 aliphatic carbocycles. The van der Waals surface area contributed by atoms with Crippen molar-refractivity contribution in [3.05, 3.63) is 78.2 Å². The molecule has 4 aromatic rings. The van der Waals surface area contributed by atoms with Crippen molar-refractivity contribution in [3.8, 4) is 16.9 Å². The molecular weight excluding hydrogens is 294 g/mol. The first kappa shape index (κ1) is 13.0. The second-order valence-electron chi connectivity index (χ2n) is 4.99. The number of fused-ring (bicyclic) bond motifs is 1. The summed E-state index contributed by atoms with van der Waals surface area (Å²) in [6.45, 7) is 0. The molecule has 0 N–H and O–H groups in total. The standard InChI is InChI=1S/C18H12ClN3/c19-14-5-7-15(8-6-14)22-17-4-2-10-21-16(17)11-18(22)13-3-1-9-20-12-13/h1-12H. The second kappa shape index (κ2) is 5.28. The lowest BCUT2D eigenvalue weighted by atomic mass is 10.2. The molecule has 0 unspecified atom stereocenters. The molecule has 0 bridgehead atoms. The van der Waals surface area contributed by atoms with Gasteiger partial charge in [0, 0.05) is 34.9 Å². The summed E-state index contributed by atoms with van der Waals surface area (Å²) in [4.78, 5) is 8.69. The number of rotatable bonds is 2. The van der Waals surface area contributed by atoms with Gasteiger partial charge in [-0.1, -0.05) is 11.6 Å². The van der Waals surface area contributed by atoms with Crippen LogP contribution in [0.2, 0.25) is 5.02 Å². The van der Waals surface area contributed by atoms with Gasteiger partial charge in [-0.15, -0.1) is 0 Å². The second-order valence-corrected chi connectivity index (χ2v) is 5.43. The molecule has 0 aliphatic rings. The van der Waals surface area contributed by atoms with Crippen molar-refractivity contribution >= 4 is 22.6 Å². The number of pyridine rings is 2. The van der Waals surface area contributed by atoms with E-state index < -0.39 is 0 Å². The average molecular weight is 306 g/mol. The maximum absolute atomic E-state index is 6.02. The molecule has 0 atom stereocenters. The Morgan fingerprint density at radius 3 is 2.50 bits per heavy atom. The summed E-state index contributed by atoms with van der Waals surface area (Å²) >= 11 is 6.02. The number of benzene rings is 1. The fraction of sp³-hybridized carbons (Fsp3) is 0. The van der Waals surface area contributed by atoms with Crippen LogP contribution in [-0.2, 0) is 0 Å². The molecule has 1 aromatic carbocycles. The normalized spacial score (nSPS) is 11.0. The summed E-state index contributed by atoms with van der Waals surface area (Å²) in [5.74, 6) is 0. The summed E-state index contributed by atoms with van der Waals surface area (Å²) in [6, 6.07) is 17.9. The Hall–Kier alpha value is -2.65. The molecular formula is C18H12ClN3. The van der Waals surface area contributed by atoms with Crippen LogP contribution in [0.3, 0.4) is 0 Å². The van der Waals surface area contributed by atoms with E-state index in [9.17, 15) is 0 Å². The Balaban J connectivity index is 2.04. The Morgan fingerprint density at radius 1 is 0.909 bits per heavy atom. The fourth-order valence-corrected chi connectivity index (χ4v) is 2.75. The minimum Gasteiger partial charge on any atom is -0.308 e. The van der Waals surface area contributed by atoms with Crippen LogP contribution < -0.4 is 0 Å². The van der Waals surface area contributed by atoms with Crippen LogP contribution in [0.5, 0.6) is 0 Å². The van der Waals surface area contributed by atoms with Crippen molar-refractivity contribution in [3.63, 3.8) is 0 Å². The van der Waals surface area contributed by atoms with Crippen molar-refractivity contribution in [1.82, 2.24) is 14.5 Å². The van der Waals surface area contributed by atoms with Crippen LogP contribution in [0.15, 0.2) is 73.2 Å². The van der Waals surface area contributed by atoms with Crippen molar-refractivity contribution in [2.45, 2.75) is 0 Å². The van der Waals surface area contributed by atoms with E-state index in [1.807, 2.05) is 54.9 Å². The van der Waals surface area contributed by atoms with Gasteiger partial charge in [0.15, 0.2) is 0 Å². The third-order valence-electron chi connectivity index (χ3n) is 3.61. The first-order valence-electron chi connectivity index (χ1n) is 6.96. The molecule has 0 radical (unpaired) electrons. The van der Waals surface area contributed by atoms with Gasteiger partial charge in [0.25, 0.3) is 0 Å². The molecule has 22 heavy (non-hydrogen) atoms. The summed E-state index contributed by atoms with van der Waals surface area (Å²) < 4.78 is 2.18. The van der Waals surface area contributed by atoms with Gasteiger partial charge in [-0.25, -0.2) is 0 Å². The molecule has 3 aromatic heterocycles. The van der Waals surface area contributed by atoms with Gasteiger partial charge in [-0.2, -0.15) is 0 Å². The number of hydrogen-bond acceptors (Lipinski definition) is 2. The SMILES string of the molecule is Clc1ccc(-n2c(-c3cccnc3)cc3ncccc32)cc1. The van der Waals surface area contributed by atoms with Crippen molar-refractivity contribution in [2.75, 3.05) is 0 Å². The molecule has 3 nitrogen and oxygen atoms in total. The Labute approximate surface area is 132 Å². The summed E-state index contributed by atoms with van der Waals surface area (Å²) in [6.07, 6.45) is 5.44. The Kier molecular flexibility index (Phi) is 3.13. The smallest absolute Gasteiger partial charge is 0.0891 e. The summed E-state index contributed by atoms with van der Waals surface area (Å²) in [7, 11) is 0. The van der Waals surface area contributed by atoms with E-state index in [4.69, 9.17) is 11.6 Å². The zero-order valence-corrected chi connectivity index (χ0v) is 12.4. The lowest BCUT2D eigenvalue weighted by Crippen LogP contribution is -1.96. The number of halogens is 1. The number of aromatic nitrogens is 3. The van der Waals surface area contributed by atoms with Crippen LogP contribution in [0.4, 0.5) is 0 Å². The molecule has 0 aliphatic heterocycles. The van der Waals surface area contributed by atoms with Gasteiger partial charge in [0.2, 0.25) is 0 Å². The topological polar surface area (TPSA) is 30.7 Å². The van der Waals surface area contributed by atoms with Gasteiger partial charge < -0.3 is 4.57 Å². The molecule has 0 spiro atoms. The highest BCUT2D eigenvalue weighted by Crippen LogP contribution is 2.30. The van der Waals surface area contributed by atoms with E-state index in [0.29, 0.717) is 0 Å². The molecule has 3 heterocycles. The number of nitrogens with zero attached hydrogens (tertiary/aromatic N) is 3. The minimum atomic E-state index is 0.723. The predicted octanol–water partition coefficient (Wildman–Crippen LogP) is 4.74. The van der Waals surface area contributed by atoms with Crippen LogP contribution in [0, 0.1) is 0 Å². The lowest BCUT2D eigenvalue weighted by molar-refractivity contribution is 1.13. The molecule has 4 heteroatoms. The number of hydrogen-bond donors (Lipinski definition) is 0. The maximum Gasteiger partial charge on any atom is 0.0891 e. The van der Waals surface area contributed by atoms with Crippen LogP contribution in [0.1, 0.15) is 0 Å². The highest BCUT2D eigenvalue weighted by molar-refractivity contribution is 6.30. The third kappa shape index (κ3) is 2.16. The lowest BCUT2D eigenvalue weighted by Gasteiger charge is -2.11. The van der Waals surface area contributed by atoms with E-state index in [0.717, 1.165) is 33.0 Å². The average Bonchev–Trinajstić information content (AvgIpc) is 2.96. The van der Waals surface area contributed by atoms with Crippen molar-refractivity contribution in [2.24, 2.45) is 0 Å². The summed E-state index contributed by atoms with van der Waals surface area (Å²) in [5.41, 5.74) is 5.17. The van der Waals surface area contributed by atoms with Crippen LogP contribution in [0.25, 0.3) is 28.0 Å². The zero-order valence-electron chi connectivity index (χ0n) is 11.6. The van der Waals surface area contributed by atoms with Crippen LogP contribution >= 0.6 is 11.6 Å². The first-order valence-corrected chi connectivity index (χ1v) is 7.33. The van der Waals surface area contributed by atoms with Gasteiger partial charge in [-0.05, 0) is 54.6 Å². The third-order valence-corrected chi connectivity index (χ3v) is 3.87. The van der Waals surface area contributed by atoms with Crippen LogP contribution in [-0.4, -0.2) is 14.5 Å². The minimum absolute atomic E-state index is 0.723. The largest absolute Gasteiger partial charge is 0.308 e. The van der Waals surface area contributed by atoms with Crippen molar-refractivity contribution < 1.29 is 0 Å². The molecule has 0 fully saturated rings. The highest BCUT2D eigenvalue weighted by Gasteiger charge is 2.12. The molecule has 0 saturated heterocycles. The molecule has 0 saturated carbocycles. The van der Waals surface area contributed by atoms with Gasteiger partial charge in [0.05, 0.1) is 16.7 Å². The van der Waals surface area contributed by atoms with E-state index in [1.54, 1.807) is 6.20 Å². The van der Waals surface area contributed by atoms with E-state index in [1.165, 1.54) is 0 Å². The monoisotopic (exact) mass is 305 g/mol.